The third-order valence-electron chi connectivity index (χ3n) is 6.45. The summed E-state index contributed by atoms with van der Waals surface area (Å²) in [6, 6.07) is 15.2. The lowest BCUT2D eigenvalue weighted by Crippen LogP contribution is -2.33. The molecule has 2 heterocycles. The highest BCUT2D eigenvalue weighted by Crippen LogP contribution is 2.40. The number of nitrogens with zero attached hydrogens (tertiary/aromatic N) is 4. The zero-order valence-corrected chi connectivity index (χ0v) is 20.4. The van der Waals surface area contributed by atoms with Crippen molar-refractivity contribution >= 4 is 23.4 Å². The van der Waals surface area contributed by atoms with Crippen LogP contribution in [0.25, 0.3) is 5.69 Å². The smallest absolute Gasteiger partial charge is 0.325 e. The van der Waals surface area contributed by atoms with Crippen LogP contribution < -0.4 is 26.8 Å². The lowest BCUT2D eigenvalue weighted by molar-refractivity contribution is 0.0995. The van der Waals surface area contributed by atoms with Crippen LogP contribution in [0.2, 0.25) is 0 Å². The predicted octanol–water partition coefficient (Wildman–Crippen LogP) is 4.24. The van der Waals surface area contributed by atoms with Crippen molar-refractivity contribution in [1.82, 2.24) is 14.8 Å². The number of halogens is 1. The summed E-state index contributed by atoms with van der Waals surface area (Å²) in [7, 11) is 0. The highest BCUT2D eigenvalue weighted by Gasteiger charge is 2.29. The number of hydrogen-bond donors (Lipinski definition) is 3. The fourth-order valence-corrected chi connectivity index (χ4v) is 4.29. The number of hydrogen-bond acceptors (Lipinski definition) is 6. The molecule has 4 aromatic rings. The van der Waals surface area contributed by atoms with Gasteiger partial charge in [0.15, 0.2) is 5.82 Å². The highest BCUT2D eigenvalue weighted by atomic mass is 19.1. The van der Waals surface area contributed by atoms with Crippen molar-refractivity contribution in [3.63, 3.8) is 0 Å². The number of amides is 3. The van der Waals surface area contributed by atoms with Gasteiger partial charge in [0.05, 0.1) is 17.1 Å². The Morgan fingerprint density at radius 2 is 1.84 bits per heavy atom. The van der Waals surface area contributed by atoms with Gasteiger partial charge in [0.1, 0.15) is 23.0 Å². The number of benzene rings is 2. The van der Waals surface area contributed by atoms with Gasteiger partial charge in [0.2, 0.25) is 0 Å². The van der Waals surface area contributed by atoms with Crippen molar-refractivity contribution in [3.05, 3.63) is 89.6 Å². The minimum atomic E-state index is -0.880. The third kappa shape index (κ3) is 4.91. The van der Waals surface area contributed by atoms with Crippen LogP contribution in [0.15, 0.2) is 66.9 Å². The van der Waals surface area contributed by atoms with Gasteiger partial charge in [-0.1, -0.05) is 18.6 Å². The zero-order valence-electron chi connectivity index (χ0n) is 20.4. The van der Waals surface area contributed by atoms with Crippen LogP contribution in [0.1, 0.15) is 46.9 Å². The van der Waals surface area contributed by atoms with Gasteiger partial charge in [-0.25, -0.2) is 18.8 Å². The summed E-state index contributed by atoms with van der Waals surface area (Å²) in [5.74, 6) is -0.523. The Balaban J connectivity index is 1.53. The maximum absolute atomic E-state index is 15.5. The molecule has 6 N–H and O–H groups in total. The minimum absolute atomic E-state index is 0.00808. The molecule has 0 spiro atoms. The first kappa shape index (κ1) is 24.9. The second-order valence-corrected chi connectivity index (χ2v) is 8.97. The van der Waals surface area contributed by atoms with Crippen LogP contribution in [0.3, 0.4) is 0 Å². The lowest BCUT2D eigenvalue weighted by Gasteiger charge is -2.23. The second-order valence-electron chi connectivity index (χ2n) is 8.97. The van der Waals surface area contributed by atoms with E-state index in [4.69, 9.17) is 27.0 Å². The van der Waals surface area contributed by atoms with Crippen molar-refractivity contribution in [2.75, 3.05) is 4.90 Å². The Bertz CT molecular complexity index is 1520. The maximum atomic E-state index is 15.5. The Kier molecular flexibility index (Phi) is 6.75. The first-order valence-corrected chi connectivity index (χ1v) is 12.1. The molecule has 0 radical (unpaired) electrons. The molecule has 194 valence electrons. The maximum Gasteiger partial charge on any atom is 0.325 e. The van der Waals surface area contributed by atoms with Gasteiger partial charge in [-0.3, -0.25) is 9.78 Å². The van der Waals surface area contributed by atoms with Crippen molar-refractivity contribution in [2.45, 2.75) is 31.7 Å². The third-order valence-corrected chi connectivity index (χ3v) is 6.45. The SMILES string of the molecule is NCc1cccc(-n2nc(C3CCC3)cc2N(C(N)=O)c2ccc(Oc3ccnc(C(N)=O)c3)cc2F)c1. The van der Waals surface area contributed by atoms with Crippen molar-refractivity contribution in [2.24, 2.45) is 17.2 Å². The first-order valence-electron chi connectivity index (χ1n) is 12.1. The number of primary amides is 2. The molecule has 1 aliphatic rings. The van der Waals surface area contributed by atoms with E-state index in [-0.39, 0.29) is 28.8 Å². The Hall–Kier alpha value is -4.77. The summed E-state index contributed by atoms with van der Waals surface area (Å²) in [5.41, 5.74) is 19.2. The van der Waals surface area contributed by atoms with E-state index in [2.05, 4.69) is 4.98 Å². The van der Waals surface area contributed by atoms with Crippen LogP contribution in [0.4, 0.5) is 20.7 Å². The summed E-state index contributed by atoms with van der Waals surface area (Å²) in [6.45, 7) is 0.327. The number of ether oxygens (including phenoxy) is 1. The van der Waals surface area contributed by atoms with Crippen LogP contribution in [0.5, 0.6) is 11.5 Å². The molecule has 1 fully saturated rings. The van der Waals surface area contributed by atoms with Crippen molar-refractivity contribution in [1.29, 1.82) is 0 Å². The number of carbonyl (C=O) groups is 2. The van der Waals surface area contributed by atoms with Gasteiger partial charge in [0.25, 0.3) is 5.91 Å². The molecule has 11 heteroatoms. The molecule has 3 amide bonds. The number of rotatable bonds is 8. The Morgan fingerprint density at radius 3 is 2.50 bits per heavy atom. The van der Waals surface area contributed by atoms with Gasteiger partial charge in [0, 0.05) is 36.9 Å². The van der Waals surface area contributed by atoms with Gasteiger partial charge >= 0.3 is 6.03 Å². The molecule has 2 aromatic heterocycles. The van der Waals surface area contributed by atoms with Gasteiger partial charge in [-0.15, -0.1) is 0 Å². The molecule has 0 aliphatic heterocycles. The molecule has 5 rings (SSSR count). The Labute approximate surface area is 217 Å². The van der Waals surface area contributed by atoms with E-state index in [9.17, 15) is 9.59 Å². The summed E-state index contributed by atoms with van der Waals surface area (Å²) in [5, 5.41) is 4.77. The number of carbonyl (C=O) groups excluding carboxylic acids is 2. The first-order chi connectivity index (χ1) is 18.3. The van der Waals surface area contributed by atoms with Gasteiger partial charge in [-0.05, 0) is 48.7 Å². The topological polar surface area (TPSA) is 155 Å². The molecule has 1 saturated carbocycles. The molecule has 2 aromatic carbocycles. The largest absolute Gasteiger partial charge is 0.457 e. The van der Waals surface area contributed by atoms with Crippen molar-refractivity contribution < 1.29 is 18.7 Å². The summed E-state index contributed by atoms with van der Waals surface area (Å²) in [4.78, 5) is 29.1. The van der Waals surface area contributed by atoms with E-state index in [1.165, 1.54) is 30.5 Å². The van der Waals surface area contributed by atoms with Crippen LogP contribution in [0, 0.1) is 5.82 Å². The molecule has 0 bridgehead atoms. The molecule has 0 saturated heterocycles. The number of urea groups is 1. The van der Waals surface area contributed by atoms with E-state index in [1.807, 2.05) is 24.3 Å². The fraction of sp³-hybridized carbons (Fsp3) is 0.185. The van der Waals surface area contributed by atoms with Gasteiger partial charge < -0.3 is 21.9 Å². The number of nitrogens with two attached hydrogens (primary N) is 3. The highest BCUT2D eigenvalue weighted by molar-refractivity contribution is 5.98. The van der Waals surface area contributed by atoms with E-state index < -0.39 is 17.8 Å². The molecule has 0 unspecified atom stereocenters. The molecule has 10 nitrogen and oxygen atoms in total. The molecule has 1 aliphatic carbocycles. The van der Waals surface area contributed by atoms with Crippen LogP contribution in [-0.2, 0) is 6.54 Å². The Morgan fingerprint density at radius 1 is 1.05 bits per heavy atom. The summed E-state index contributed by atoms with van der Waals surface area (Å²) < 4.78 is 22.8. The standard InChI is InChI=1S/C27H26FN7O3/c28-21-12-19(38-20-9-10-32-23(13-20)26(30)36)7-8-24(21)34(27(31)37)25-14-22(17-4-2-5-17)33-35(25)18-6-1-3-16(11-18)15-29/h1,3,6-14,17H,2,4-5,15,29H2,(H2,30,36)(H2,31,37). The van der Waals surface area contributed by atoms with Crippen LogP contribution >= 0.6 is 0 Å². The molecular formula is C27H26FN7O3. The van der Waals surface area contributed by atoms with Crippen LogP contribution in [-0.4, -0.2) is 26.7 Å². The zero-order chi connectivity index (χ0) is 26.8. The normalized spacial score (nSPS) is 13.1. The molecular weight excluding hydrogens is 489 g/mol. The van der Waals surface area contributed by atoms with E-state index >= 15 is 4.39 Å². The van der Waals surface area contributed by atoms with Gasteiger partial charge in [-0.2, -0.15) is 5.10 Å². The molecule has 38 heavy (non-hydrogen) atoms. The summed E-state index contributed by atoms with van der Waals surface area (Å²) >= 11 is 0. The van der Waals surface area contributed by atoms with E-state index in [0.717, 1.165) is 41.5 Å². The number of aromatic nitrogens is 3. The lowest BCUT2D eigenvalue weighted by atomic mass is 9.83. The fourth-order valence-electron chi connectivity index (χ4n) is 4.29. The second kappa shape index (κ2) is 10.3. The van der Waals surface area contributed by atoms with Crippen molar-refractivity contribution in [3.8, 4) is 17.2 Å². The number of pyridine rings is 1. The minimum Gasteiger partial charge on any atom is -0.457 e. The van der Waals surface area contributed by atoms with E-state index in [1.54, 1.807) is 10.7 Å². The summed E-state index contributed by atoms with van der Waals surface area (Å²) in [6.07, 6.45) is 4.44. The molecule has 0 atom stereocenters. The predicted molar refractivity (Wildman–Crippen MR) is 139 cm³/mol. The average Bonchev–Trinajstić information content (AvgIpc) is 3.28. The monoisotopic (exact) mass is 515 g/mol. The average molecular weight is 516 g/mol. The number of anilines is 2. The van der Waals surface area contributed by atoms with E-state index in [0.29, 0.717) is 18.1 Å². The quantitative estimate of drug-likeness (QED) is 0.319.